The lowest BCUT2D eigenvalue weighted by atomic mass is 10.2. The molecule has 0 aliphatic rings. The summed E-state index contributed by atoms with van der Waals surface area (Å²) in [5, 5.41) is 0. The van der Waals surface area contributed by atoms with Gasteiger partial charge in [0.15, 0.2) is 9.84 Å². The molecule has 7 heteroatoms. The van der Waals surface area contributed by atoms with E-state index in [4.69, 9.17) is 12.2 Å². The van der Waals surface area contributed by atoms with Crippen LogP contribution < -0.4 is 0 Å². The van der Waals surface area contributed by atoms with Gasteiger partial charge in [0, 0.05) is 24.4 Å². The Morgan fingerprint density at radius 2 is 2.05 bits per heavy atom. The lowest BCUT2D eigenvalue weighted by molar-refractivity contribution is 0.602. The molecule has 4 nitrogen and oxygen atoms in total. The van der Waals surface area contributed by atoms with E-state index < -0.39 is 9.84 Å². The van der Waals surface area contributed by atoms with Crippen LogP contribution in [0.4, 0.5) is 0 Å². The number of benzene rings is 1. The molecule has 0 unspecified atom stereocenters. The minimum absolute atomic E-state index is 0.332. The first kappa shape index (κ1) is 14.2. The van der Waals surface area contributed by atoms with Gasteiger partial charge in [-0.1, -0.05) is 36.1 Å². The summed E-state index contributed by atoms with van der Waals surface area (Å²) < 4.78 is 25.1. The van der Waals surface area contributed by atoms with Gasteiger partial charge < -0.3 is 0 Å². The van der Waals surface area contributed by atoms with Gasteiger partial charge in [-0.3, -0.25) is 4.57 Å². The number of rotatable bonds is 3. The third-order valence-electron chi connectivity index (χ3n) is 2.43. The van der Waals surface area contributed by atoms with Gasteiger partial charge in [0.2, 0.25) is 0 Å². The molecule has 2 aromatic rings. The number of aromatic nitrogens is 2. The van der Waals surface area contributed by atoms with Crippen molar-refractivity contribution in [1.29, 1.82) is 0 Å². The number of thioether (sulfide) groups is 1. The highest BCUT2D eigenvalue weighted by Crippen LogP contribution is 2.17. The molecule has 100 valence electrons. The molecule has 0 aliphatic carbocycles. The molecule has 0 fully saturated rings. The average molecular weight is 312 g/mol. The van der Waals surface area contributed by atoms with E-state index in [9.17, 15) is 8.42 Å². The fraction of sp³-hybridized carbons (Fsp3) is 0.167. The first-order valence-corrected chi connectivity index (χ1v) is 8.69. The largest absolute Gasteiger partial charge is 0.291 e. The summed E-state index contributed by atoms with van der Waals surface area (Å²) in [6, 6.07) is 6.84. The SMILES string of the molecule is CS(=O)(=O)c1ccc(CSC(=S)n2ccnc2)cc1. The van der Waals surface area contributed by atoms with E-state index in [2.05, 4.69) is 4.98 Å². The van der Waals surface area contributed by atoms with Gasteiger partial charge in [-0.05, 0) is 17.7 Å². The second-order valence-corrected chi connectivity index (χ2v) is 7.57. The van der Waals surface area contributed by atoms with Crippen molar-refractivity contribution in [2.24, 2.45) is 0 Å². The van der Waals surface area contributed by atoms with Crippen LogP contribution in [0.1, 0.15) is 5.56 Å². The van der Waals surface area contributed by atoms with Crippen LogP contribution in [-0.2, 0) is 15.6 Å². The molecule has 0 N–H and O–H groups in total. The van der Waals surface area contributed by atoms with Gasteiger partial charge in [0.1, 0.15) is 10.6 Å². The van der Waals surface area contributed by atoms with Gasteiger partial charge in [0.25, 0.3) is 0 Å². The standard InChI is InChI=1S/C12H12N2O2S3/c1-19(15,16)11-4-2-10(3-5-11)8-18-12(17)14-7-6-13-9-14/h2-7,9H,8H2,1H3. The van der Waals surface area contributed by atoms with Crippen molar-refractivity contribution in [1.82, 2.24) is 9.55 Å². The summed E-state index contributed by atoms with van der Waals surface area (Å²) in [7, 11) is -3.13. The second kappa shape index (κ2) is 5.85. The molecule has 1 aromatic carbocycles. The second-order valence-electron chi connectivity index (χ2n) is 3.94. The van der Waals surface area contributed by atoms with E-state index in [0.29, 0.717) is 15.0 Å². The number of thiocarbonyl (C=S) groups is 1. The molecule has 2 rings (SSSR count). The summed E-state index contributed by atoms with van der Waals surface area (Å²) >= 11 is 6.75. The molecule has 0 saturated heterocycles. The van der Waals surface area contributed by atoms with Gasteiger partial charge in [-0.15, -0.1) is 0 Å². The van der Waals surface area contributed by atoms with Crippen molar-refractivity contribution >= 4 is 38.1 Å². The Bertz CT molecular complexity index is 662. The Hall–Kier alpha value is -1.18. The number of hydrogen-bond acceptors (Lipinski definition) is 5. The normalized spacial score (nSPS) is 11.4. The van der Waals surface area contributed by atoms with E-state index in [1.165, 1.54) is 18.0 Å². The number of nitrogens with zero attached hydrogens (tertiary/aromatic N) is 2. The van der Waals surface area contributed by atoms with Gasteiger partial charge in [-0.2, -0.15) is 0 Å². The van der Waals surface area contributed by atoms with Crippen molar-refractivity contribution in [2.45, 2.75) is 10.6 Å². The predicted octanol–water partition coefficient (Wildman–Crippen LogP) is 2.35. The molecule has 19 heavy (non-hydrogen) atoms. The van der Waals surface area contributed by atoms with Gasteiger partial charge in [0.05, 0.1) is 4.90 Å². The van der Waals surface area contributed by atoms with Crippen molar-refractivity contribution in [3.05, 3.63) is 48.5 Å². The summed E-state index contributed by atoms with van der Waals surface area (Å²) in [5.74, 6) is 0.695. The van der Waals surface area contributed by atoms with E-state index >= 15 is 0 Å². The number of imidazole rings is 1. The Morgan fingerprint density at radius 3 is 2.58 bits per heavy atom. The smallest absolute Gasteiger partial charge is 0.175 e. The van der Waals surface area contributed by atoms with E-state index in [1.54, 1.807) is 47.6 Å². The molecule has 0 atom stereocenters. The van der Waals surface area contributed by atoms with Crippen molar-refractivity contribution in [3.8, 4) is 0 Å². The minimum Gasteiger partial charge on any atom is -0.291 e. The molecule has 0 aliphatic heterocycles. The molecule has 0 saturated carbocycles. The lowest BCUT2D eigenvalue weighted by Gasteiger charge is -2.05. The fourth-order valence-electron chi connectivity index (χ4n) is 1.42. The van der Waals surface area contributed by atoms with E-state index in [0.717, 1.165) is 5.56 Å². The molecule has 1 heterocycles. The van der Waals surface area contributed by atoms with Crippen LogP contribution in [0.25, 0.3) is 0 Å². The van der Waals surface area contributed by atoms with Gasteiger partial charge >= 0.3 is 0 Å². The molecular weight excluding hydrogens is 300 g/mol. The predicted molar refractivity (Wildman–Crippen MR) is 81.1 cm³/mol. The zero-order valence-electron chi connectivity index (χ0n) is 10.2. The van der Waals surface area contributed by atoms with E-state index in [-0.39, 0.29) is 0 Å². The number of hydrogen-bond donors (Lipinski definition) is 0. The Kier molecular flexibility index (Phi) is 4.38. The van der Waals surface area contributed by atoms with Crippen LogP contribution in [0.15, 0.2) is 47.9 Å². The van der Waals surface area contributed by atoms with E-state index in [1.807, 2.05) is 0 Å². The van der Waals surface area contributed by atoms with Crippen LogP contribution in [0, 0.1) is 0 Å². The molecule has 0 radical (unpaired) electrons. The summed E-state index contributed by atoms with van der Waals surface area (Å²) in [6.07, 6.45) is 6.32. The highest BCUT2D eigenvalue weighted by molar-refractivity contribution is 8.22. The monoisotopic (exact) mass is 312 g/mol. The maximum absolute atomic E-state index is 11.3. The average Bonchev–Trinajstić information content (AvgIpc) is 2.89. The van der Waals surface area contributed by atoms with Crippen LogP contribution in [0.5, 0.6) is 0 Å². The summed E-state index contributed by atoms with van der Waals surface area (Å²) in [5.41, 5.74) is 1.03. The van der Waals surface area contributed by atoms with Crippen LogP contribution >= 0.6 is 24.0 Å². The molecule has 1 aromatic heterocycles. The summed E-state index contributed by atoms with van der Waals surface area (Å²) in [4.78, 5) is 4.26. The van der Waals surface area contributed by atoms with Crippen LogP contribution in [-0.4, -0.2) is 28.5 Å². The maximum Gasteiger partial charge on any atom is 0.175 e. The maximum atomic E-state index is 11.3. The van der Waals surface area contributed by atoms with Crippen molar-refractivity contribution < 1.29 is 8.42 Å². The third-order valence-corrected chi connectivity index (χ3v) is 5.06. The summed E-state index contributed by atoms with van der Waals surface area (Å²) in [6.45, 7) is 0. The Balaban J connectivity index is 1.99. The quantitative estimate of drug-likeness (QED) is 0.814. The highest BCUT2D eigenvalue weighted by atomic mass is 32.2. The third kappa shape index (κ3) is 3.89. The zero-order chi connectivity index (χ0) is 13.9. The first-order valence-electron chi connectivity index (χ1n) is 5.41. The van der Waals surface area contributed by atoms with Crippen LogP contribution in [0.2, 0.25) is 0 Å². The highest BCUT2D eigenvalue weighted by Gasteiger charge is 2.07. The Labute approximate surface area is 121 Å². The topological polar surface area (TPSA) is 52.0 Å². The first-order chi connectivity index (χ1) is 8.97. The van der Waals surface area contributed by atoms with Gasteiger partial charge in [-0.25, -0.2) is 13.4 Å². The fourth-order valence-corrected chi connectivity index (χ4v) is 3.07. The molecule has 0 amide bonds. The molecular formula is C12H12N2O2S3. The van der Waals surface area contributed by atoms with Crippen molar-refractivity contribution in [2.75, 3.05) is 6.26 Å². The number of sulfone groups is 1. The van der Waals surface area contributed by atoms with Crippen LogP contribution in [0.3, 0.4) is 0 Å². The van der Waals surface area contributed by atoms with Crippen molar-refractivity contribution in [3.63, 3.8) is 0 Å². The molecule has 0 spiro atoms. The minimum atomic E-state index is -3.13. The zero-order valence-corrected chi connectivity index (χ0v) is 12.6. The lowest BCUT2D eigenvalue weighted by Crippen LogP contribution is -2.02. The molecule has 0 bridgehead atoms. The Morgan fingerprint density at radius 1 is 1.37 bits per heavy atom.